The molecule has 0 aromatic heterocycles. The molecule has 3 heteroatoms. The Labute approximate surface area is 136 Å². The summed E-state index contributed by atoms with van der Waals surface area (Å²) in [6, 6.07) is 12.7. The number of rotatable bonds is 4. The van der Waals surface area contributed by atoms with E-state index in [1.165, 1.54) is 36.0 Å². The molecule has 1 atom stereocenters. The molecular weight excluding hydrogens is 301 g/mol. The minimum atomic E-state index is 0.116. The van der Waals surface area contributed by atoms with Crippen molar-refractivity contribution in [1.82, 2.24) is 5.32 Å². The summed E-state index contributed by atoms with van der Waals surface area (Å²) in [6.07, 6.45) is 3.67. The van der Waals surface area contributed by atoms with Crippen molar-refractivity contribution in [2.45, 2.75) is 32.2 Å². The highest BCUT2D eigenvalue weighted by Crippen LogP contribution is 2.33. The molecular formula is C18H19Cl2N. The highest BCUT2D eigenvalue weighted by atomic mass is 35.5. The van der Waals surface area contributed by atoms with Crippen LogP contribution in [0.15, 0.2) is 36.4 Å². The van der Waals surface area contributed by atoms with Crippen molar-refractivity contribution in [3.8, 4) is 0 Å². The van der Waals surface area contributed by atoms with Gasteiger partial charge in [-0.3, -0.25) is 0 Å². The van der Waals surface area contributed by atoms with E-state index in [0.717, 1.165) is 12.1 Å². The minimum absolute atomic E-state index is 0.116. The van der Waals surface area contributed by atoms with E-state index in [4.69, 9.17) is 23.2 Å². The molecule has 2 aromatic rings. The van der Waals surface area contributed by atoms with Crippen molar-refractivity contribution >= 4 is 23.2 Å². The van der Waals surface area contributed by atoms with Gasteiger partial charge in [-0.2, -0.15) is 0 Å². The van der Waals surface area contributed by atoms with E-state index in [9.17, 15) is 0 Å². The first-order chi connectivity index (χ1) is 10.2. The van der Waals surface area contributed by atoms with Crippen LogP contribution in [0.1, 0.15) is 41.6 Å². The molecule has 110 valence electrons. The predicted molar refractivity (Wildman–Crippen MR) is 90.4 cm³/mol. The van der Waals surface area contributed by atoms with Crippen LogP contribution in [-0.4, -0.2) is 6.54 Å². The monoisotopic (exact) mass is 319 g/mol. The summed E-state index contributed by atoms with van der Waals surface area (Å²) in [6.45, 7) is 3.00. The van der Waals surface area contributed by atoms with Gasteiger partial charge in [0.2, 0.25) is 0 Å². The van der Waals surface area contributed by atoms with Gasteiger partial charge in [0.25, 0.3) is 0 Å². The highest BCUT2D eigenvalue weighted by Gasteiger charge is 2.19. The molecule has 0 radical (unpaired) electrons. The van der Waals surface area contributed by atoms with Gasteiger partial charge in [-0.05, 0) is 60.2 Å². The molecule has 2 aromatic carbocycles. The Bertz CT molecular complexity index is 652. The molecule has 0 heterocycles. The van der Waals surface area contributed by atoms with Crippen molar-refractivity contribution in [2.24, 2.45) is 0 Å². The van der Waals surface area contributed by atoms with Crippen LogP contribution < -0.4 is 5.32 Å². The Morgan fingerprint density at radius 1 is 1.05 bits per heavy atom. The molecule has 1 aliphatic rings. The van der Waals surface area contributed by atoms with E-state index in [-0.39, 0.29) is 6.04 Å². The molecule has 1 nitrogen and oxygen atoms in total. The molecule has 1 unspecified atom stereocenters. The van der Waals surface area contributed by atoms with E-state index < -0.39 is 0 Å². The average molecular weight is 320 g/mol. The third-order valence-corrected chi connectivity index (χ3v) is 4.70. The molecule has 0 spiro atoms. The Kier molecular flexibility index (Phi) is 4.54. The molecule has 0 saturated carbocycles. The quantitative estimate of drug-likeness (QED) is 0.818. The lowest BCUT2D eigenvalue weighted by Crippen LogP contribution is -2.22. The second-order valence-electron chi connectivity index (χ2n) is 5.54. The molecule has 0 fully saturated rings. The van der Waals surface area contributed by atoms with Gasteiger partial charge in [-0.25, -0.2) is 0 Å². The lowest BCUT2D eigenvalue weighted by molar-refractivity contribution is 0.630. The molecule has 21 heavy (non-hydrogen) atoms. The second-order valence-corrected chi connectivity index (χ2v) is 6.38. The lowest BCUT2D eigenvalue weighted by atomic mass is 9.95. The van der Waals surface area contributed by atoms with Crippen molar-refractivity contribution in [3.63, 3.8) is 0 Å². The fraction of sp³-hybridized carbons (Fsp3) is 0.333. The Morgan fingerprint density at radius 3 is 2.62 bits per heavy atom. The maximum atomic E-state index is 6.40. The van der Waals surface area contributed by atoms with Crippen LogP contribution in [0, 0.1) is 0 Å². The van der Waals surface area contributed by atoms with Crippen molar-refractivity contribution < 1.29 is 0 Å². The smallest absolute Gasteiger partial charge is 0.0591 e. The Balaban J connectivity index is 2.01. The fourth-order valence-electron chi connectivity index (χ4n) is 3.12. The largest absolute Gasteiger partial charge is 0.306 e. The number of aryl methyl sites for hydroxylation is 2. The van der Waals surface area contributed by atoms with Gasteiger partial charge in [0.15, 0.2) is 0 Å². The average Bonchev–Trinajstić information content (AvgIpc) is 2.93. The normalized spacial score (nSPS) is 15.0. The number of halogens is 2. The summed E-state index contributed by atoms with van der Waals surface area (Å²) in [7, 11) is 0. The van der Waals surface area contributed by atoms with Crippen molar-refractivity contribution in [3.05, 3.63) is 68.7 Å². The number of fused-ring (bicyclic) bond motifs is 1. The maximum Gasteiger partial charge on any atom is 0.0591 e. The number of hydrogen-bond donors (Lipinski definition) is 1. The summed E-state index contributed by atoms with van der Waals surface area (Å²) >= 11 is 12.4. The summed E-state index contributed by atoms with van der Waals surface area (Å²) < 4.78 is 0. The zero-order valence-electron chi connectivity index (χ0n) is 12.1. The molecule has 0 aliphatic heterocycles. The fourth-order valence-corrected chi connectivity index (χ4v) is 3.64. The van der Waals surface area contributed by atoms with Gasteiger partial charge in [-0.15, -0.1) is 0 Å². The lowest BCUT2D eigenvalue weighted by Gasteiger charge is -2.21. The predicted octanol–water partition coefficient (Wildman–Crippen LogP) is 5.18. The maximum absolute atomic E-state index is 6.40. The molecule has 0 amide bonds. The van der Waals surface area contributed by atoms with Crippen LogP contribution in [0.4, 0.5) is 0 Å². The van der Waals surface area contributed by atoms with Crippen molar-refractivity contribution in [2.75, 3.05) is 6.54 Å². The van der Waals surface area contributed by atoms with E-state index in [1.54, 1.807) is 0 Å². The van der Waals surface area contributed by atoms with Crippen LogP contribution in [0.25, 0.3) is 0 Å². The molecule has 3 rings (SSSR count). The summed E-state index contributed by atoms with van der Waals surface area (Å²) in [4.78, 5) is 0. The van der Waals surface area contributed by atoms with E-state index >= 15 is 0 Å². The van der Waals surface area contributed by atoms with E-state index in [2.05, 4.69) is 30.4 Å². The van der Waals surface area contributed by atoms with Gasteiger partial charge in [0.05, 0.1) is 6.04 Å². The number of hydrogen-bond acceptors (Lipinski definition) is 1. The molecule has 0 bridgehead atoms. The zero-order chi connectivity index (χ0) is 14.8. The summed E-state index contributed by atoms with van der Waals surface area (Å²) in [5, 5.41) is 4.93. The van der Waals surface area contributed by atoms with Crippen LogP contribution in [0.2, 0.25) is 10.0 Å². The minimum Gasteiger partial charge on any atom is -0.306 e. The topological polar surface area (TPSA) is 12.0 Å². The standard InChI is InChI=1S/C18H19Cl2N/c1-2-21-18(16-9-8-15(19)11-17(16)20)14-7-6-12-4-3-5-13(12)10-14/h6-11,18,21H,2-5H2,1H3. The van der Waals surface area contributed by atoms with Crippen LogP contribution in [-0.2, 0) is 12.8 Å². The first-order valence-electron chi connectivity index (χ1n) is 7.49. The first-order valence-corrected chi connectivity index (χ1v) is 8.24. The number of nitrogens with one attached hydrogen (secondary N) is 1. The van der Waals surface area contributed by atoms with Crippen LogP contribution in [0.5, 0.6) is 0 Å². The Hall–Kier alpha value is -1.02. The Morgan fingerprint density at radius 2 is 1.86 bits per heavy atom. The third-order valence-electron chi connectivity index (χ3n) is 4.14. The summed E-state index contributed by atoms with van der Waals surface area (Å²) in [5.41, 5.74) is 5.35. The SMILES string of the molecule is CCNC(c1ccc2c(c1)CCC2)c1ccc(Cl)cc1Cl. The molecule has 1 aliphatic carbocycles. The van der Waals surface area contributed by atoms with Gasteiger partial charge in [0.1, 0.15) is 0 Å². The highest BCUT2D eigenvalue weighted by molar-refractivity contribution is 6.35. The van der Waals surface area contributed by atoms with Gasteiger partial charge in [-0.1, -0.05) is 54.4 Å². The van der Waals surface area contributed by atoms with Crippen molar-refractivity contribution in [1.29, 1.82) is 0 Å². The van der Waals surface area contributed by atoms with Crippen LogP contribution >= 0.6 is 23.2 Å². The van der Waals surface area contributed by atoms with Gasteiger partial charge >= 0.3 is 0 Å². The third kappa shape index (κ3) is 3.11. The zero-order valence-corrected chi connectivity index (χ0v) is 13.6. The molecule has 1 N–H and O–H groups in total. The number of benzene rings is 2. The molecule has 0 saturated heterocycles. The van der Waals surface area contributed by atoms with Gasteiger partial charge < -0.3 is 5.32 Å². The van der Waals surface area contributed by atoms with E-state index in [0.29, 0.717) is 10.0 Å². The summed E-state index contributed by atoms with van der Waals surface area (Å²) in [5.74, 6) is 0. The first kappa shape index (κ1) is 14.9. The van der Waals surface area contributed by atoms with Crippen LogP contribution in [0.3, 0.4) is 0 Å². The van der Waals surface area contributed by atoms with Gasteiger partial charge in [0, 0.05) is 10.0 Å². The second kappa shape index (κ2) is 6.39. The van der Waals surface area contributed by atoms with E-state index in [1.807, 2.05) is 18.2 Å².